The summed E-state index contributed by atoms with van der Waals surface area (Å²) in [5.41, 5.74) is 2.46. The lowest BCUT2D eigenvalue weighted by Gasteiger charge is -2.23. The molecule has 0 aliphatic carbocycles. The summed E-state index contributed by atoms with van der Waals surface area (Å²) in [6, 6.07) is 10.9. The van der Waals surface area contributed by atoms with E-state index in [-0.39, 0.29) is 23.6 Å². The average molecular weight is 445 g/mol. The molecular weight excluding hydrogens is 420 g/mol. The molecule has 1 aliphatic rings. The van der Waals surface area contributed by atoms with Crippen LogP contribution in [0.15, 0.2) is 52.5 Å². The third-order valence-corrected chi connectivity index (χ3v) is 5.86. The molecule has 0 fully saturated rings. The maximum absolute atomic E-state index is 13.2. The summed E-state index contributed by atoms with van der Waals surface area (Å²) in [6.45, 7) is 5.38. The zero-order valence-corrected chi connectivity index (χ0v) is 18.3. The highest BCUT2D eigenvalue weighted by molar-refractivity contribution is 7.89. The van der Waals surface area contributed by atoms with Gasteiger partial charge in [0.05, 0.1) is 17.2 Å². The number of anilines is 2. The third-order valence-electron chi connectivity index (χ3n) is 4.97. The Morgan fingerprint density at radius 1 is 1.23 bits per heavy atom. The summed E-state index contributed by atoms with van der Waals surface area (Å²) in [6.07, 6.45) is 0.0481. The van der Waals surface area contributed by atoms with E-state index in [0.717, 1.165) is 0 Å². The Morgan fingerprint density at radius 2 is 1.90 bits per heavy atom. The predicted molar refractivity (Wildman–Crippen MR) is 117 cm³/mol. The van der Waals surface area contributed by atoms with Crippen LogP contribution in [0.2, 0.25) is 0 Å². The smallest absolute Gasteiger partial charge is 0.354 e. The Kier molecular flexibility index (Phi) is 6.42. The molecule has 9 nitrogen and oxygen atoms in total. The monoisotopic (exact) mass is 444 g/mol. The molecule has 164 valence electrons. The zero-order chi connectivity index (χ0) is 22.8. The average Bonchev–Trinajstić information content (AvgIpc) is 3.17. The molecule has 0 saturated carbocycles. The molecule has 0 saturated heterocycles. The summed E-state index contributed by atoms with van der Waals surface area (Å²) >= 11 is 0. The van der Waals surface area contributed by atoms with Crippen molar-refractivity contribution in [2.75, 3.05) is 16.9 Å². The summed E-state index contributed by atoms with van der Waals surface area (Å²) < 4.78 is 28.6. The van der Waals surface area contributed by atoms with Gasteiger partial charge in [-0.15, -0.1) is 0 Å². The molecule has 2 aromatic carbocycles. The fourth-order valence-corrected chi connectivity index (χ4v) is 3.83. The number of amides is 1. The minimum Gasteiger partial charge on any atom is -0.461 e. The number of nitrogens with two attached hydrogens (primary N) is 1. The van der Waals surface area contributed by atoms with Gasteiger partial charge in [0.25, 0.3) is 0 Å². The lowest BCUT2D eigenvalue weighted by molar-refractivity contribution is -0.135. The Morgan fingerprint density at radius 3 is 2.52 bits per heavy atom. The fraction of sp³-hybridized carbons (Fsp3) is 0.286. The first kappa shape index (κ1) is 22.4. The van der Waals surface area contributed by atoms with E-state index in [1.165, 1.54) is 17.1 Å². The van der Waals surface area contributed by atoms with Crippen LogP contribution in [0, 0.1) is 13.8 Å². The van der Waals surface area contributed by atoms with Gasteiger partial charge in [0.15, 0.2) is 0 Å². The SMILES string of the molecule is CCOC(=O)C1=NN(c2ccccc2)C(C(=O)Nc2cc(S(N)(=O)=O)cc(C)c2C)C1. The van der Waals surface area contributed by atoms with Gasteiger partial charge in [-0.2, -0.15) is 5.10 Å². The number of hydrazone groups is 1. The van der Waals surface area contributed by atoms with Crippen molar-refractivity contribution in [3.63, 3.8) is 0 Å². The topological polar surface area (TPSA) is 131 Å². The minimum absolute atomic E-state index is 0.0481. The number of carbonyl (C=O) groups is 2. The number of hydrogen-bond acceptors (Lipinski definition) is 7. The van der Waals surface area contributed by atoms with E-state index in [0.29, 0.717) is 22.5 Å². The van der Waals surface area contributed by atoms with Gasteiger partial charge in [0.2, 0.25) is 15.9 Å². The van der Waals surface area contributed by atoms with E-state index in [1.807, 2.05) is 6.07 Å². The molecule has 1 atom stereocenters. The largest absolute Gasteiger partial charge is 0.461 e. The first-order chi connectivity index (χ1) is 14.6. The quantitative estimate of drug-likeness (QED) is 0.656. The van der Waals surface area contributed by atoms with Gasteiger partial charge in [0.1, 0.15) is 11.8 Å². The van der Waals surface area contributed by atoms with Crippen molar-refractivity contribution in [1.82, 2.24) is 0 Å². The number of sulfonamides is 1. The van der Waals surface area contributed by atoms with Crippen LogP contribution in [0.1, 0.15) is 24.5 Å². The number of hydrogen-bond donors (Lipinski definition) is 2. The number of ether oxygens (including phenoxy) is 1. The Labute approximate surface area is 180 Å². The van der Waals surface area contributed by atoms with Crippen LogP contribution in [-0.4, -0.2) is 38.7 Å². The van der Waals surface area contributed by atoms with Crippen molar-refractivity contribution in [1.29, 1.82) is 0 Å². The van der Waals surface area contributed by atoms with E-state index >= 15 is 0 Å². The molecule has 0 spiro atoms. The second kappa shape index (κ2) is 8.86. The van der Waals surface area contributed by atoms with Crippen molar-refractivity contribution in [3.8, 4) is 0 Å². The number of rotatable bonds is 6. The molecule has 0 bridgehead atoms. The van der Waals surface area contributed by atoms with Crippen LogP contribution in [-0.2, 0) is 24.3 Å². The summed E-state index contributed by atoms with van der Waals surface area (Å²) in [7, 11) is -3.95. The normalized spacial score (nSPS) is 16.1. The zero-order valence-electron chi connectivity index (χ0n) is 17.5. The Bertz CT molecular complexity index is 1150. The van der Waals surface area contributed by atoms with Crippen LogP contribution in [0.4, 0.5) is 11.4 Å². The minimum atomic E-state index is -3.95. The first-order valence-corrected chi connectivity index (χ1v) is 11.2. The summed E-state index contributed by atoms with van der Waals surface area (Å²) in [4.78, 5) is 25.3. The first-order valence-electron chi connectivity index (χ1n) is 9.65. The van der Waals surface area contributed by atoms with E-state index in [9.17, 15) is 18.0 Å². The number of aryl methyl sites for hydroxylation is 1. The van der Waals surface area contributed by atoms with Gasteiger partial charge in [0, 0.05) is 12.1 Å². The number of benzene rings is 2. The Hall–Kier alpha value is -3.24. The maximum atomic E-state index is 13.2. The number of carbonyl (C=O) groups excluding carboxylic acids is 2. The third kappa shape index (κ3) is 4.92. The van der Waals surface area contributed by atoms with Crippen LogP contribution >= 0.6 is 0 Å². The molecule has 10 heteroatoms. The number of primary sulfonamides is 1. The van der Waals surface area contributed by atoms with Crippen molar-refractivity contribution in [2.45, 2.75) is 38.1 Å². The predicted octanol–water partition coefficient (Wildman–Crippen LogP) is 2.09. The fourth-order valence-electron chi connectivity index (χ4n) is 3.21. The van der Waals surface area contributed by atoms with Gasteiger partial charge in [-0.25, -0.2) is 18.4 Å². The van der Waals surface area contributed by atoms with E-state index in [1.54, 1.807) is 45.0 Å². The lowest BCUT2D eigenvalue weighted by atomic mass is 10.1. The molecule has 0 radical (unpaired) electrons. The number of nitrogens with one attached hydrogen (secondary N) is 1. The summed E-state index contributed by atoms with van der Waals surface area (Å²) in [5, 5.41) is 13.8. The van der Waals surface area contributed by atoms with Crippen LogP contribution < -0.4 is 15.5 Å². The molecule has 1 unspecified atom stereocenters. The van der Waals surface area contributed by atoms with Crippen LogP contribution in [0.5, 0.6) is 0 Å². The molecule has 1 amide bonds. The highest BCUT2D eigenvalue weighted by Gasteiger charge is 2.37. The molecule has 1 heterocycles. The maximum Gasteiger partial charge on any atom is 0.354 e. The van der Waals surface area contributed by atoms with Crippen molar-refractivity contribution < 1.29 is 22.7 Å². The van der Waals surface area contributed by atoms with Crippen molar-refractivity contribution >= 4 is 39.0 Å². The Balaban J connectivity index is 1.93. The molecule has 3 rings (SSSR count). The van der Waals surface area contributed by atoms with Gasteiger partial charge in [-0.1, -0.05) is 18.2 Å². The second-order valence-electron chi connectivity index (χ2n) is 7.11. The van der Waals surface area contributed by atoms with Gasteiger partial charge < -0.3 is 10.1 Å². The van der Waals surface area contributed by atoms with E-state index in [4.69, 9.17) is 9.88 Å². The molecule has 2 aromatic rings. The van der Waals surface area contributed by atoms with Crippen molar-refractivity contribution in [3.05, 3.63) is 53.6 Å². The van der Waals surface area contributed by atoms with Gasteiger partial charge in [-0.05, 0) is 56.2 Å². The highest BCUT2D eigenvalue weighted by Crippen LogP contribution is 2.28. The number of esters is 1. The number of para-hydroxylation sites is 1. The van der Waals surface area contributed by atoms with E-state index < -0.39 is 27.9 Å². The molecule has 0 aromatic heterocycles. The molecule has 3 N–H and O–H groups in total. The number of nitrogens with zero attached hydrogens (tertiary/aromatic N) is 2. The standard InChI is InChI=1S/C21H24N4O5S/c1-4-30-21(27)18-12-19(25(24-18)15-8-6-5-7-9-15)20(26)23-17-11-16(31(22,28)29)10-13(2)14(17)3/h5-11,19H,4,12H2,1-3H3,(H,23,26)(H2,22,28,29). The molecule has 1 aliphatic heterocycles. The van der Waals surface area contributed by atoms with Gasteiger partial charge >= 0.3 is 5.97 Å². The molecular formula is C21H24N4O5S. The van der Waals surface area contributed by atoms with Crippen LogP contribution in [0.25, 0.3) is 0 Å². The molecule has 31 heavy (non-hydrogen) atoms. The van der Waals surface area contributed by atoms with Crippen LogP contribution in [0.3, 0.4) is 0 Å². The second-order valence-corrected chi connectivity index (χ2v) is 8.68. The lowest BCUT2D eigenvalue weighted by Crippen LogP contribution is -2.39. The highest BCUT2D eigenvalue weighted by atomic mass is 32.2. The van der Waals surface area contributed by atoms with Crippen molar-refractivity contribution in [2.24, 2.45) is 10.2 Å². The summed E-state index contributed by atoms with van der Waals surface area (Å²) in [5.74, 6) is -1.03. The van der Waals surface area contributed by atoms with Gasteiger partial charge in [-0.3, -0.25) is 9.80 Å². The van der Waals surface area contributed by atoms with E-state index in [2.05, 4.69) is 10.4 Å².